The molecule has 2 aliphatic rings. The third-order valence-electron chi connectivity index (χ3n) is 8.47. The number of fused-ring (bicyclic) bond motifs is 3. The molecule has 1 aliphatic carbocycles. The van der Waals surface area contributed by atoms with Gasteiger partial charge in [0.25, 0.3) is 0 Å². The van der Waals surface area contributed by atoms with Gasteiger partial charge in [0, 0.05) is 37.5 Å². The number of carboxylic acid groups (broad SMARTS) is 1. The first kappa shape index (κ1) is 32.0. The summed E-state index contributed by atoms with van der Waals surface area (Å²) in [7, 11) is 2.96. The Morgan fingerprint density at radius 3 is 2.20 bits per heavy atom. The maximum atomic E-state index is 14.2. The highest BCUT2D eigenvalue weighted by Gasteiger charge is 2.39. The molecule has 0 spiro atoms. The number of carbonyl (C=O) groups is 4. The molecule has 0 saturated carbocycles. The Balaban J connectivity index is 1.36. The lowest BCUT2D eigenvalue weighted by Crippen LogP contribution is -2.57. The highest BCUT2D eigenvalue weighted by atomic mass is 79.9. The summed E-state index contributed by atoms with van der Waals surface area (Å²) in [5.74, 6) is -2.16. The normalized spacial score (nSPS) is 17.4. The summed E-state index contributed by atoms with van der Waals surface area (Å²) < 4.78 is 6.72. The summed E-state index contributed by atoms with van der Waals surface area (Å²) in [5, 5.41) is 9.35. The van der Waals surface area contributed by atoms with Crippen molar-refractivity contribution in [3.05, 3.63) is 106 Å². The van der Waals surface area contributed by atoms with Crippen molar-refractivity contribution in [1.82, 2.24) is 14.7 Å². The average molecular weight is 675 g/mol. The zero-order valence-electron chi connectivity index (χ0n) is 25.3. The number of carbonyl (C=O) groups excluding carboxylic acids is 3. The van der Waals surface area contributed by atoms with Gasteiger partial charge in [0.15, 0.2) is 0 Å². The van der Waals surface area contributed by atoms with Gasteiger partial charge in [-0.15, -0.1) is 0 Å². The van der Waals surface area contributed by atoms with Crippen molar-refractivity contribution >= 4 is 39.8 Å². The van der Waals surface area contributed by atoms with E-state index in [1.54, 1.807) is 0 Å². The Hall–Kier alpha value is -4.44. The predicted octanol–water partition coefficient (Wildman–Crippen LogP) is 5.33. The lowest BCUT2D eigenvalue weighted by atomic mass is 9.98. The van der Waals surface area contributed by atoms with Crippen molar-refractivity contribution in [3.8, 4) is 11.1 Å². The molecule has 1 unspecified atom stereocenters. The van der Waals surface area contributed by atoms with Crippen LogP contribution in [-0.4, -0.2) is 89.6 Å². The number of hydrogen-bond donors (Lipinski definition) is 1. The van der Waals surface area contributed by atoms with Gasteiger partial charge in [0.2, 0.25) is 11.8 Å². The van der Waals surface area contributed by atoms with E-state index in [9.17, 15) is 24.3 Å². The molecule has 10 heteroatoms. The second kappa shape index (κ2) is 14.1. The Morgan fingerprint density at radius 1 is 0.956 bits per heavy atom. The summed E-state index contributed by atoms with van der Waals surface area (Å²) in [4.78, 5) is 56.8. The number of halogens is 1. The number of rotatable bonds is 9. The molecule has 45 heavy (non-hydrogen) atoms. The molecular formula is C35H36BrN3O6. The van der Waals surface area contributed by atoms with E-state index in [1.165, 1.54) is 23.9 Å². The van der Waals surface area contributed by atoms with Crippen LogP contribution in [0.2, 0.25) is 0 Å². The van der Waals surface area contributed by atoms with E-state index in [4.69, 9.17) is 4.74 Å². The molecule has 1 N–H and O–H groups in total. The van der Waals surface area contributed by atoms with Crippen molar-refractivity contribution in [2.45, 2.75) is 37.3 Å². The summed E-state index contributed by atoms with van der Waals surface area (Å²) in [5.41, 5.74) is 5.22. The highest BCUT2D eigenvalue weighted by molar-refractivity contribution is 9.10. The summed E-state index contributed by atoms with van der Waals surface area (Å²) in [6.45, 7) is -0.152. The topological polar surface area (TPSA) is 107 Å². The fourth-order valence-corrected chi connectivity index (χ4v) is 6.39. The van der Waals surface area contributed by atoms with Crippen LogP contribution in [0.3, 0.4) is 0 Å². The van der Waals surface area contributed by atoms with Gasteiger partial charge in [-0.2, -0.15) is 0 Å². The van der Waals surface area contributed by atoms with Gasteiger partial charge in [0.1, 0.15) is 25.2 Å². The van der Waals surface area contributed by atoms with Crippen LogP contribution in [0, 0.1) is 0 Å². The van der Waals surface area contributed by atoms with Crippen molar-refractivity contribution in [3.63, 3.8) is 0 Å². The molecule has 0 aromatic heterocycles. The number of nitrogens with zero attached hydrogens (tertiary/aromatic N) is 3. The summed E-state index contributed by atoms with van der Waals surface area (Å²) in [6, 6.07) is 21.7. The number of hydrogen-bond acceptors (Lipinski definition) is 5. The van der Waals surface area contributed by atoms with E-state index < -0.39 is 42.5 Å². The van der Waals surface area contributed by atoms with Crippen molar-refractivity contribution in [2.24, 2.45) is 0 Å². The van der Waals surface area contributed by atoms with E-state index in [0.717, 1.165) is 37.2 Å². The van der Waals surface area contributed by atoms with Gasteiger partial charge in [-0.3, -0.25) is 19.3 Å². The SMILES string of the molecule is CN(CC(=O)O)C(=O)C(Cc1ccc(Br)cc1)N1CC/C=C\C[C@H](N(C)C(=O)OCC2c3ccccc3-c3ccccc32)C1=O. The third-order valence-corrected chi connectivity index (χ3v) is 9.00. The Labute approximate surface area is 271 Å². The maximum absolute atomic E-state index is 14.2. The van der Waals surface area contributed by atoms with Crippen LogP contribution in [0.25, 0.3) is 11.1 Å². The highest BCUT2D eigenvalue weighted by Crippen LogP contribution is 2.44. The van der Waals surface area contributed by atoms with Gasteiger partial charge >= 0.3 is 12.1 Å². The van der Waals surface area contributed by atoms with Crippen molar-refractivity contribution in [1.29, 1.82) is 0 Å². The first-order valence-electron chi connectivity index (χ1n) is 14.9. The molecular weight excluding hydrogens is 638 g/mol. The Morgan fingerprint density at radius 2 is 1.58 bits per heavy atom. The molecule has 3 amide bonds. The van der Waals surface area contributed by atoms with Crippen LogP contribution in [0.5, 0.6) is 0 Å². The van der Waals surface area contributed by atoms with E-state index in [2.05, 4.69) is 28.1 Å². The second-order valence-corrected chi connectivity index (χ2v) is 12.3. The van der Waals surface area contributed by atoms with Gasteiger partial charge in [0.05, 0.1) is 0 Å². The molecule has 0 bridgehead atoms. The van der Waals surface area contributed by atoms with Crippen LogP contribution in [0.1, 0.15) is 35.4 Å². The predicted molar refractivity (Wildman–Crippen MR) is 174 cm³/mol. The quantitative estimate of drug-likeness (QED) is 0.308. The fraction of sp³-hybridized carbons (Fsp3) is 0.314. The van der Waals surface area contributed by atoms with Crippen LogP contribution >= 0.6 is 15.9 Å². The Bertz CT molecular complexity index is 1560. The second-order valence-electron chi connectivity index (χ2n) is 11.4. The van der Waals surface area contributed by atoms with Crippen LogP contribution < -0.4 is 0 Å². The van der Waals surface area contributed by atoms with Gasteiger partial charge in [-0.1, -0.05) is 88.7 Å². The van der Waals surface area contributed by atoms with Crippen LogP contribution in [0.15, 0.2) is 89.4 Å². The summed E-state index contributed by atoms with van der Waals surface area (Å²) in [6.07, 6.45) is 4.12. The molecule has 0 fully saturated rings. The van der Waals surface area contributed by atoms with E-state index >= 15 is 0 Å². The van der Waals surface area contributed by atoms with E-state index in [-0.39, 0.29) is 31.9 Å². The third kappa shape index (κ3) is 7.12. The molecule has 0 radical (unpaired) electrons. The number of likely N-dealkylation sites (N-methyl/N-ethyl adjacent to an activating group) is 2. The number of benzene rings is 3. The van der Waals surface area contributed by atoms with Crippen molar-refractivity contribution in [2.75, 3.05) is 33.8 Å². The van der Waals surface area contributed by atoms with Gasteiger partial charge < -0.3 is 19.6 Å². The first-order chi connectivity index (χ1) is 21.7. The van der Waals surface area contributed by atoms with Crippen LogP contribution in [-0.2, 0) is 25.5 Å². The number of aliphatic carboxylic acids is 1. The number of carboxylic acids is 1. The smallest absolute Gasteiger partial charge is 0.410 e. The first-order valence-corrected chi connectivity index (χ1v) is 15.7. The van der Waals surface area contributed by atoms with Crippen molar-refractivity contribution < 1.29 is 29.0 Å². The molecule has 9 nitrogen and oxygen atoms in total. The Kier molecular flexibility index (Phi) is 10.0. The lowest BCUT2D eigenvalue weighted by Gasteiger charge is -2.38. The molecule has 0 saturated heterocycles. The lowest BCUT2D eigenvalue weighted by molar-refractivity contribution is -0.150. The standard InChI is InChI=1S/C35H36BrN3O6/c1-37(21-32(40)41)33(42)31(20-23-15-17-24(36)18-16-23)39-19-9-3-4-14-30(34(39)43)38(2)35(44)45-22-29-27-12-7-5-10-25(27)26-11-6-8-13-28(26)29/h3-8,10-13,15-18,29-31H,9,14,19-22H2,1-2H3,(H,40,41)/b4-3-/t30-,31?/m0/s1. The number of ether oxygens (including phenoxy) is 1. The van der Waals surface area contributed by atoms with Gasteiger partial charge in [-0.05, 0) is 52.8 Å². The molecule has 3 aromatic rings. The van der Waals surface area contributed by atoms with Crippen LogP contribution in [0.4, 0.5) is 4.79 Å². The number of amides is 3. The zero-order valence-corrected chi connectivity index (χ0v) is 26.9. The fourth-order valence-electron chi connectivity index (χ4n) is 6.13. The molecule has 1 heterocycles. The molecule has 3 aromatic carbocycles. The molecule has 2 atom stereocenters. The monoisotopic (exact) mass is 673 g/mol. The largest absolute Gasteiger partial charge is 0.480 e. The van der Waals surface area contributed by atoms with E-state index in [1.807, 2.05) is 72.8 Å². The maximum Gasteiger partial charge on any atom is 0.410 e. The molecule has 234 valence electrons. The minimum absolute atomic E-state index is 0.113. The minimum atomic E-state index is -1.15. The van der Waals surface area contributed by atoms with E-state index in [0.29, 0.717) is 6.42 Å². The average Bonchev–Trinajstić information content (AvgIpc) is 3.34. The zero-order chi connectivity index (χ0) is 32.1. The minimum Gasteiger partial charge on any atom is -0.480 e. The molecule has 5 rings (SSSR count). The van der Waals surface area contributed by atoms with Gasteiger partial charge in [-0.25, -0.2) is 4.79 Å². The summed E-state index contributed by atoms with van der Waals surface area (Å²) >= 11 is 3.42. The molecule has 1 aliphatic heterocycles.